The second-order valence-electron chi connectivity index (χ2n) is 10.4. The summed E-state index contributed by atoms with van der Waals surface area (Å²) >= 11 is 0. The average Bonchev–Trinajstić information content (AvgIpc) is 2.96. The maximum absolute atomic E-state index is 6.38. The van der Waals surface area contributed by atoms with Crippen molar-refractivity contribution in [1.82, 2.24) is 4.90 Å². The Labute approximate surface area is 172 Å². The molecule has 0 radical (unpaired) electrons. The predicted molar refractivity (Wildman–Crippen MR) is 121 cm³/mol. The first-order chi connectivity index (χ1) is 13.4. The van der Waals surface area contributed by atoms with Crippen molar-refractivity contribution in [3.8, 4) is 0 Å². The summed E-state index contributed by atoms with van der Waals surface area (Å²) in [7, 11) is 0. The van der Waals surface area contributed by atoms with Gasteiger partial charge in [-0.05, 0) is 89.2 Å². The van der Waals surface area contributed by atoms with E-state index in [4.69, 9.17) is 5.73 Å². The molecule has 2 N–H and O–H groups in total. The van der Waals surface area contributed by atoms with Gasteiger partial charge >= 0.3 is 0 Å². The second kappa shape index (κ2) is 7.89. The number of fused-ring (bicyclic) bond motifs is 2. The molecule has 3 fully saturated rings. The highest BCUT2D eigenvalue weighted by atomic mass is 15.3. The molecule has 28 heavy (non-hydrogen) atoms. The molecule has 1 aliphatic carbocycles. The van der Waals surface area contributed by atoms with Crippen LogP contribution in [-0.2, 0) is 0 Å². The monoisotopic (exact) mass is 383 g/mol. The molecule has 0 amide bonds. The molecule has 2 bridgehead atoms. The third-order valence-corrected chi connectivity index (χ3v) is 8.33. The first-order valence-electron chi connectivity index (χ1n) is 11.8. The number of rotatable bonds is 5. The van der Waals surface area contributed by atoms with Gasteiger partial charge < -0.3 is 10.6 Å². The summed E-state index contributed by atoms with van der Waals surface area (Å²) in [4.78, 5) is 5.60. The summed E-state index contributed by atoms with van der Waals surface area (Å²) in [6.07, 6.45) is 11.1. The Hall–Kier alpha value is -1.22. The van der Waals surface area contributed by atoms with Crippen molar-refractivity contribution in [2.24, 2.45) is 11.8 Å². The van der Waals surface area contributed by atoms with Gasteiger partial charge in [-0.3, -0.25) is 4.90 Å². The number of anilines is 2. The Morgan fingerprint density at radius 3 is 2.11 bits per heavy atom. The molecule has 3 aliphatic rings. The highest BCUT2D eigenvalue weighted by Gasteiger charge is 2.50. The van der Waals surface area contributed by atoms with Gasteiger partial charge in [0.1, 0.15) is 0 Å². The molecule has 3 atom stereocenters. The van der Waals surface area contributed by atoms with Crippen LogP contribution in [0.2, 0.25) is 0 Å². The molecule has 2 heterocycles. The molecule has 2 saturated heterocycles. The molecule has 0 spiro atoms. The van der Waals surface area contributed by atoms with Crippen molar-refractivity contribution >= 4 is 11.4 Å². The van der Waals surface area contributed by atoms with Crippen molar-refractivity contribution < 1.29 is 0 Å². The van der Waals surface area contributed by atoms with E-state index in [1.807, 2.05) is 0 Å². The number of para-hydroxylation sites is 2. The SMILES string of the molecule is CCN(c1ccccc1N)C1(C)C[C@H]2CC[C@@H](C1)N2C1CCC(C(C)C)CC1. The summed E-state index contributed by atoms with van der Waals surface area (Å²) in [6.45, 7) is 10.6. The largest absolute Gasteiger partial charge is 0.397 e. The van der Waals surface area contributed by atoms with Gasteiger partial charge in [-0.15, -0.1) is 0 Å². The average molecular weight is 384 g/mol. The predicted octanol–water partition coefficient (Wildman–Crippen LogP) is 5.70. The standard InChI is InChI=1S/C25H41N3/c1-5-27(24-9-7-6-8-23(24)26)25(4)16-21-14-15-22(17-25)28(21)20-12-10-19(11-13-20)18(2)3/h6-9,18-22H,5,10-17,26H2,1-4H3/t19?,20?,21-,22+,25?. The molecule has 1 aromatic rings. The third-order valence-electron chi connectivity index (χ3n) is 8.33. The zero-order chi connectivity index (χ0) is 19.9. The summed E-state index contributed by atoms with van der Waals surface area (Å²) in [5.41, 5.74) is 8.76. The van der Waals surface area contributed by atoms with Crippen molar-refractivity contribution in [2.45, 2.75) is 103 Å². The van der Waals surface area contributed by atoms with Gasteiger partial charge in [0.15, 0.2) is 0 Å². The quantitative estimate of drug-likeness (QED) is 0.662. The molecule has 2 aliphatic heterocycles. The first-order valence-corrected chi connectivity index (χ1v) is 11.8. The van der Waals surface area contributed by atoms with Gasteiger partial charge in [0.2, 0.25) is 0 Å². The van der Waals surface area contributed by atoms with E-state index in [2.05, 4.69) is 61.8 Å². The van der Waals surface area contributed by atoms with Crippen LogP contribution in [0.15, 0.2) is 24.3 Å². The lowest BCUT2D eigenvalue weighted by atomic mass is 9.76. The molecule has 1 aromatic carbocycles. The number of nitrogens with zero attached hydrogens (tertiary/aromatic N) is 2. The fraction of sp³-hybridized carbons (Fsp3) is 0.760. The van der Waals surface area contributed by atoms with E-state index in [0.29, 0.717) is 0 Å². The minimum absolute atomic E-state index is 0.224. The lowest BCUT2D eigenvalue weighted by molar-refractivity contribution is 0.0240. The summed E-state index contributed by atoms with van der Waals surface area (Å²) in [5, 5.41) is 0. The first kappa shape index (κ1) is 20.1. The van der Waals surface area contributed by atoms with Crippen molar-refractivity contribution in [3.63, 3.8) is 0 Å². The maximum atomic E-state index is 6.38. The smallest absolute Gasteiger partial charge is 0.0604 e. The molecule has 3 heteroatoms. The van der Waals surface area contributed by atoms with E-state index in [0.717, 1.165) is 42.2 Å². The maximum Gasteiger partial charge on any atom is 0.0604 e. The highest BCUT2D eigenvalue weighted by Crippen LogP contribution is 2.48. The number of hydrogen-bond donors (Lipinski definition) is 1. The van der Waals surface area contributed by atoms with E-state index >= 15 is 0 Å². The fourth-order valence-electron chi connectivity index (χ4n) is 6.95. The van der Waals surface area contributed by atoms with E-state index < -0.39 is 0 Å². The van der Waals surface area contributed by atoms with Gasteiger partial charge in [0.05, 0.1) is 11.4 Å². The van der Waals surface area contributed by atoms with Crippen LogP contribution >= 0.6 is 0 Å². The van der Waals surface area contributed by atoms with Gasteiger partial charge in [-0.2, -0.15) is 0 Å². The summed E-state index contributed by atoms with van der Waals surface area (Å²) in [6, 6.07) is 10.8. The molecule has 0 aromatic heterocycles. The summed E-state index contributed by atoms with van der Waals surface area (Å²) < 4.78 is 0. The number of nitrogen functional groups attached to an aromatic ring is 1. The minimum atomic E-state index is 0.224. The van der Waals surface area contributed by atoms with Crippen LogP contribution < -0.4 is 10.6 Å². The van der Waals surface area contributed by atoms with E-state index in [1.165, 1.54) is 57.1 Å². The number of hydrogen-bond acceptors (Lipinski definition) is 3. The molecule has 156 valence electrons. The molecule has 1 saturated carbocycles. The Balaban J connectivity index is 1.49. The van der Waals surface area contributed by atoms with Gasteiger partial charge in [-0.1, -0.05) is 26.0 Å². The summed E-state index contributed by atoms with van der Waals surface area (Å²) in [5.74, 6) is 1.82. The van der Waals surface area contributed by atoms with Crippen LogP contribution in [0.3, 0.4) is 0 Å². The van der Waals surface area contributed by atoms with Crippen LogP contribution in [0.4, 0.5) is 11.4 Å². The Morgan fingerprint density at radius 2 is 1.57 bits per heavy atom. The van der Waals surface area contributed by atoms with Crippen LogP contribution in [0, 0.1) is 11.8 Å². The molecular weight excluding hydrogens is 342 g/mol. The molecule has 1 unspecified atom stereocenters. The second-order valence-corrected chi connectivity index (χ2v) is 10.4. The van der Waals surface area contributed by atoms with Crippen molar-refractivity contribution in [2.75, 3.05) is 17.2 Å². The molecule has 3 nitrogen and oxygen atoms in total. The van der Waals surface area contributed by atoms with Crippen molar-refractivity contribution in [3.05, 3.63) is 24.3 Å². The Bertz CT molecular complexity index is 648. The lowest BCUT2D eigenvalue weighted by Crippen LogP contribution is -2.60. The number of piperidine rings is 1. The van der Waals surface area contributed by atoms with E-state index in [9.17, 15) is 0 Å². The number of nitrogens with two attached hydrogens (primary N) is 1. The van der Waals surface area contributed by atoms with Crippen LogP contribution in [-0.4, -0.2) is 35.1 Å². The minimum Gasteiger partial charge on any atom is -0.397 e. The van der Waals surface area contributed by atoms with E-state index in [-0.39, 0.29) is 5.54 Å². The molecular formula is C25H41N3. The van der Waals surface area contributed by atoms with Crippen LogP contribution in [0.1, 0.15) is 79.1 Å². The topological polar surface area (TPSA) is 32.5 Å². The van der Waals surface area contributed by atoms with E-state index in [1.54, 1.807) is 0 Å². The van der Waals surface area contributed by atoms with Crippen LogP contribution in [0.5, 0.6) is 0 Å². The number of benzene rings is 1. The highest BCUT2D eigenvalue weighted by molar-refractivity contribution is 5.68. The van der Waals surface area contributed by atoms with Crippen molar-refractivity contribution in [1.29, 1.82) is 0 Å². The van der Waals surface area contributed by atoms with Crippen LogP contribution in [0.25, 0.3) is 0 Å². The van der Waals surface area contributed by atoms with Gasteiger partial charge in [0, 0.05) is 30.2 Å². The normalized spacial score (nSPS) is 36.0. The zero-order valence-electron chi connectivity index (χ0n) is 18.5. The lowest BCUT2D eigenvalue weighted by Gasteiger charge is -2.54. The fourth-order valence-corrected chi connectivity index (χ4v) is 6.95. The Morgan fingerprint density at radius 1 is 1.00 bits per heavy atom. The Kier molecular flexibility index (Phi) is 5.66. The third kappa shape index (κ3) is 3.56. The zero-order valence-corrected chi connectivity index (χ0v) is 18.5. The van der Waals surface area contributed by atoms with Gasteiger partial charge in [0.25, 0.3) is 0 Å². The van der Waals surface area contributed by atoms with Gasteiger partial charge in [-0.25, -0.2) is 0 Å². The molecule has 4 rings (SSSR count).